The summed E-state index contributed by atoms with van der Waals surface area (Å²) in [6, 6.07) is 8.33. The molecule has 1 N–H and O–H groups in total. The van der Waals surface area contributed by atoms with Crippen molar-refractivity contribution in [3.63, 3.8) is 0 Å². The van der Waals surface area contributed by atoms with Crippen LogP contribution in [0.2, 0.25) is 5.15 Å². The van der Waals surface area contributed by atoms with Gasteiger partial charge in [0.2, 0.25) is 0 Å². The van der Waals surface area contributed by atoms with Crippen LogP contribution in [0.5, 0.6) is 0 Å². The van der Waals surface area contributed by atoms with Gasteiger partial charge < -0.3 is 15.1 Å². The van der Waals surface area contributed by atoms with Gasteiger partial charge in [-0.15, -0.1) is 0 Å². The van der Waals surface area contributed by atoms with Gasteiger partial charge in [-0.1, -0.05) is 36.6 Å². The Bertz CT molecular complexity index is 822. The Kier molecular flexibility index (Phi) is 5.67. The number of halogens is 1. The zero-order chi connectivity index (χ0) is 19.5. The lowest BCUT2D eigenvalue weighted by Crippen LogP contribution is -2.55. The van der Waals surface area contributed by atoms with Crippen LogP contribution in [-0.2, 0) is 0 Å². The molecule has 1 atom stereocenters. The Hall–Kier alpha value is -2.34. The summed E-state index contributed by atoms with van der Waals surface area (Å²) in [7, 11) is 0. The lowest BCUT2D eigenvalue weighted by atomic mass is 9.98. The zero-order valence-electron chi connectivity index (χ0n) is 16.1. The minimum absolute atomic E-state index is 0.0459. The number of urea groups is 1. The summed E-state index contributed by atoms with van der Waals surface area (Å²) >= 11 is 6.16. The summed E-state index contributed by atoms with van der Waals surface area (Å²) in [6.45, 7) is 4.00. The van der Waals surface area contributed by atoms with Crippen LogP contribution in [0, 0.1) is 0 Å². The molecule has 0 unspecified atom stereocenters. The minimum Gasteiger partial charge on any atom is -0.350 e. The molecule has 0 radical (unpaired) electrons. The predicted octanol–water partition coefficient (Wildman–Crippen LogP) is 4.53. The van der Waals surface area contributed by atoms with Crippen LogP contribution in [0.25, 0.3) is 0 Å². The van der Waals surface area contributed by atoms with E-state index in [4.69, 9.17) is 11.6 Å². The van der Waals surface area contributed by atoms with Crippen molar-refractivity contribution in [1.29, 1.82) is 0 Å². The van der Waals surface area contributed by atoms with E-state index in [0.717, 1.165) is 5.69 Å². The van der Waals surface area contributed by atoms with Gasteiger partial charge in [-0.3, -0.25) is 0 Å². The van der Waals surface area contributed by atoms with Gasteiger partial charge in [-0.2, -0.15) is 0 Å². The van der Waals surface area contributed by atoms with Crippen LogP contribution in [0.3, 0.4) is 0 Å². The van der Waals surface area contributed by atoms with Crippen molar-refractivity contribution in [1.82, 2.24) is 14.9 Å². The number of rotatable bonds is 3. The number of benzene rings is 1. The van der Waals surface area contributed by atoms with E-state index in [2.05, 4.69) is 32.3 Å². The number of hydrogen-bond donors (Lipinski definition) is 1. The van der Waals surface area contributed by atoms with Crippen molar-refractivity contribution in [2.75, 3.05) is 29.9 Å². The van der Waals surface area contributed by atoms with Crippen LogP contribution in [0.4, 0.5) is 16.3 Å². The van der Waals surface area contributed by atoms with E-state index in [9.17, 15) is 4.79 Å². The second kappa shape index (κ2) is 8.35. The Morgan fingerprint density at radius 1 is 1.11 bits per heavy atom. The molecule has 4 rings (SSSR count). The number of carbonyl (C=O) groups excluding carboxylic acids is 1. The quantitative estimate of drug-likeness (QED) is 0.823. The van der Waals surface area contributed by atoms with Gasteiger partial charge in [0.25, 0.3) is 0 Å². The van der Waals surface area contributed by atoms with Crippen LogP contribution >= 0.6 is 11.6 Å². The molecule has 148 valence electrons. The number of nitrogens with zero attached hydrogens (tertiary/aromatic N) is 4. The number of nitrogens with one attached hydrogen (secondary N) is 1. The van der Waals surface area contributed by atoms with E-state index in [-0.39, 0.29) is 12.1 Å². The highest BCUT2D eigenvalue weighted by Crippen LogP contribution is 2.34. The molecule has 1 aromatic heterocycles. The maximum Gasteiger partial charge on any atom is 0.322 e. The van der Waals surface area contributed by atoms with E-state index < -0.39 is 0 Å². The summed E-state index contributed by atoms with van der Waals surface area (Å²) in [5, 5.41) is 3.44. The van der Waals surface area contributed by atoms with E-state index in [1.807, 2.05) is 24.0 Å². The molecule has 1 aliphatic carbocycles. The summed E-state index contributed by atoms with van der Waals surface area (Å²) in [4.78, 5) is 25.1. The first-order valence-electron chi connectivity index (χ1n) is 10.0. The van der Waals surface area contributed by atoms with E-state index in [1.165, 1.54) is 31.2 Å². The SMILES string of the molecule is C[C@@H]1CN(c2nccnc2Cl)CCN1C(=O)Nc1ccc(C2CCCC2)cc1. The van der Waals surface area contributed by atoms with Crippen LogP contribution in [-0.4, -0.2) is 46.6 Å². The highest BCUT2D eigenvalue weighted by Gasteiger charge is 2.29. The van der Waals surface area contributed by atoms with Gasteiger partial charge in [0.05, 0.1) is 0 Å². The fourth-order valence-corrected chi connectivity index (χ4v) is 4.50. The molecule has 7 heteroatoms. The number of aromatic nitrogens is 2. The first kappa shape index (κ1) is 19.0. The average molecular weight is 400 g/mol. The van der Waals surface area contributed by atoms with Gasteiger partial charge in [0.15, 0.2) is 11.0 Å². The van der Waals surface area contributed by atoms with E-state index >= 15 is 0 Å². The smallest absolute Gasteiger partial charge is 0.322 e. The molecule has 0 spiro atoms. The lowest BCUT2D eigenvalue weighted by molar-refractivity contribution is 0.184. The molecule has 1 aromatic carbocycles. The molecule has 0 bridgehead atoms. The minimum atomic E-state index is -0.0639. The summed E-state index contributed by atoms with van der Waals surface area (Å²) < 4.78 is 0. The molecular weight excluding hydrogens is 374 g/mol. The number of carbonyl (C=O) groups is 1. The second-order valence-electron chi connectivity index (χ2n) is 7.69. The average Bonchev–Trinajstić information content (AvgIpc) is 3.23. The van der Waals surface area contributed by atoms with E-state index in [1.54, 1.807) is 12.4 Å². The predicted molar refractivity (Wildman–Crippen MR) is 112 cm³/mol. The number of hydrogen-bond acceptors (Lipinski definition) is 4. The molecule has 6 nitrogen and oxygen atoms in total. The van der Waals surface area contributed by atoms with Crippen LogP contribution in [0.1, 0.15) is 44.1 Å². The van der Waals surface area contributed by atoms with Gasteiger partial charge in [-0.05, 0) is 43.4 Å². The van der Waals surface area contributed by atoms with Gasteiger partial charge >= 0.3 is 6.03 Å². The Labute approximate surface area is 170 Å². The number of piperazine rings is 1. The van der Waals surface area contributed by atoms with Crippen LogP contribution < -0.4 is 10.2 Å². The Balaban J connectivity index is 1.36. The topological polar surface area (TPSA) is 61.4 Å². The standard InChI is InChI=1S/C21H26ClN5O/c1-15-14-26(20-19(22)23-10-11-24-20)12-13-27(15)21(28)25-18-8-6-17(7-9-18)16-4-2-3-5-16/h6-11,15-16H,2-5,12-14H2,1H3,(H,25,28)/t15-/m1/s1. The molecule has 2 heterocycles. The molecule has 2 amide bonds. The van der Waals surface area contributed by atoms with Crippen molar-refractivity contribution in [2.24, 2.45) is 0 Å². The maximum absolute atomic E-state index is 12.8. The van der Waals surface area contributed by atoms with Crippen molar-refractivity contribution < 1.29 is 4.79 Å². The highest BCUT2D eigenvalue weighted by molar-refractivity contribution is 6.31. The fourth-order valence-electron chi connectivity index (χ4n) is 4.27. The molecule has 2 aromatic rings. The van der Waals surface area contributed by atoms with Crippen molar-refractivity contribution >= 4 is 29.1 Å². The normalized spacial score (nSPS) is 20.4. The molecule has 1 saturated heterocycles. The fraction of sp³-hybridized carbons (Fsp3) is 0.476. The molecule has 1 saturated carbocycles. The number of amides is 2. The highest BCUT2D eigenvalue weighted by atomic mass is 35.5. The first-order valence-corrected chi connectivity index (χ1v) is 10.4. The first-order chi connectivity index (χ1) is 13.6. The molecular formula is C21H26ClN5O. The number of anilines is 2. The molecule has 28 heavy (non-hydrogen) atoms. The van der Waals surface area contributed by atoms with Gasteiger partial charge in [-0.25, -0.2) is 14.8 Å². The molecule has 2 fully saturated rings. The lowest BCUT2D eigenvalue weighted by Gasteiger charge is -2.40. The van der Waals surface area contributed by atoms with Crippen molar-refractivity contribution in [2.45, 2.75) is 44.6 Å². The third-order valence-corrected chi connectivity index (χ3v) is 6.08. The summed E-state index contributed by atoms with van der Waals surface area (Å²) in [5.74, 6) is 1.37. The van der Waals surface area contributed by atoms with Crippen LogP contribution in [0.15, 0.2) is 36.7 Å². The summed E-state index contributed by atoms with van der Waals surface area (Å²) in [5.41, 5.74) is 2.23. The zero-order valence-corrected chi connectivity index (χ0v) is 16.9. The second-order valence-corrected chi connectivity index (χ2v) is 8.05. The summed E-state index contributed by atoms with van der Waals surface area (Å²) in [6.07, 6.45) is 8.43. The van der Waals surface area contributed by atoms with Crippen molar-refractivity contribution in [3.05, 3.63) is 47.4 Å². The molecule has 2 aliphatic rings. The third-order valence-electron chi connectivity index (χ3n) is 5.81. The van der Waals surface area contributed by atoms with Gasteiger partial charge in [0.1, 0.15) is 0 Å². The Morgan fingerprint density at radius 2 is 1.82 bits per heavy atom. The van der Waals surface area contributed by atoms with Crippen molar-refractivity contribution in [3.8, 4) is 0 Å². The molecule has 1 aliphatic heterocycles. The maximum atomic E-state index is 12.8. The largest absolute Gasteiger partial charge is 0.350 e. The van der Waals surface area contributed by atoms with Gasteiger partial charge in [0, 0.05) is 43.8 Å². The third kappa shape index (κ3) is 4.07. The monoisotopic (exact) mass is 399 g/mol. The van der Waals surface area contributed by atoms with E-state index in [0.29, 0.717) is 36.5 Å². The Morgan fingerprint density at radius 3 is 2.50 bits per heavy atom.